The molecular weight excluding hydrogens is 626 g/mol. The summed E-state index contributed by atoms with van der Waals surface area (Å²) in [7, 11) is -2.03. The lowest BCUT2D eigenvalue weighted by molar-refractivity contribution is -0.143. The van der Waals surface area contributed by atoms with Crippen LogP contribution in [0.5, 0.6) is 5.75 Å². The fourth-order valence-corrected chi connectivity index (χ4v) is 7.48. The van der Waals surface area contributed by atoms with Crippen molar-refractivity contribution < 1.29 is 49.0 Å². The van der Waals surface area contributed by atoms with Gasteiger partial charge < -0.3 is 9.47 Å². The lowest BCUT2D eigenvalue weighted by Crippen LogP contribution is -2.35. The molecule has 2 heterocycles. The van der Waals surface area contributed by atoms with Gasteiger partial charge in [-0.25, -0.2) is 13.2 Å². The molecule has 2 aromatic rings. The van der Waals surface area contributed by atoms with E-state index >= 15 is 0 Å². The third-order valence-corrected chi connectivity index (χ3v) is 10.0. The molecule has 0 radical (unpaired) electrons. The molecule has 2 atom stereocenters. The van der Waals surface area contributed by atoms with Gasteiger partial charge in [0.2, 0.25) is 10.0 Å². The van der Waals surface area contributed by atoms with Gasteiger partial charge in [0.1, 0.15) is 11.9 Å². The van der Waals surface area contributed by atoms with Gasteiger partial charge in [0.05, 0.1) is 36.2 Å². The van der Waals surface area contributed by atoms with Crippen LogP contribution in [-0.2, 0) is 33.5 Å². The number of carbonyl (C=O) groups is 1. The van der Waals surface area contributed by atoms with Gasteiger partial charge in [0.15, 0.2) is 0 Å². The molecule has 0 saturated carbocycles. The predicted octanol–water partition coefficient (Wildman–Crippen LogP) is 7.60. The van der Waals surface area contributed by atoms with Gasteiger partial charge in [-0.05, 0) is 90.6 Å². The van der Waals surface area contributed by atoms with Crippen LogP contribution in [0.25, 0.3) is 5.57 Å². The van der Waals surface area contributed by atoms with Crippen LogP contribution >= 0.6 is 0 Å². The number of rotatable bonds is 6. The first-order valence-electron chi connectivity index (χ1n) is 14.4. The van der Waals surface area contributed by atoms with Gasteiger partial charge in [-0.1, -0.05) is 13.8 Å². The van der Waals surface area contributed by atoms with Crippen LogP contribution in [0.4, 0.5) is 36.8 Å². The van der Waals surface area contributed by atoms with E-state index in [9.17, 15) is 39.6 Å². The summed E-state index contributed by atoms with van der Waals surface area (Å²) in [6.45, 7) is 5.95. The second-order valence-corrected chi connectivity index (χ2v) is 14.6. The number of hydrogen-bond acceptors (Lipinski definition) is 5. The van der Waals surface area contributed by atoms with Gasteiger partial charge in [0, 0.05) is 18.7 Å². The van der Waals surface area contributed by atoms with Crippen molar-refractivity contribution in [2.24, 2.45) is 5.41 Å². The molecule has 3 aliphatic rings. The molecule has 1 aliphatic carbocycles. The van der Waals surface area contributed by atoms with Crippen molar-refractivity contribution in [3.05, 3.63) is 63.7 Å². The zero-order valence-electron chi connectivity index (χ0n) is 25.4. The number of sulfonamides is 1. The quantitative estimate of drug-likeness (QED) is 0.299. The van der Waals surface area contributed by atoms with Crippen LogP contribution in [0.1, 0.15) is 74.0 Å². The lowest BCUT2D eigenvalue weighted by atomic mass is 9.72. The first-order chi connectivity index (χ1) is 20.7. The number of alkyl halides is 6. The Morgan fingerprint density at radius 1 is 1.00 bits per heavy atom. The standard InChI is InChI=1S/C31H34F6N2O5S/c1-17-27(19-10-21(30(32,33)34)13-22(11-19)31(35,36)37)44-28(40)38(17)16-20-15-29(2,3)8-6-23(20)24-14-25-18(12-26(24)43-4)7-9-39(25)45(5,41)42/h10-14,17,27H,6-9,15-16H2,1-5H3/t17-,27-/m0/s1. The highest BCUT2D eigenvalue weighted by atomic mass is 32.2. The van der Waals surface area contributed by atoms with E-state index in [0.29, 0.717) is 54.9 Å². The van der Waals surface area contributed by atoms with E-state index in [1.807, 2.05) is 6.07 Å². The number of anilines is 1. The first kappa shape index (κ1) is 33.0. The van der Waals surface area contributed by atoms with E-state index < -0.39 is 57.3 Å². The van der Waals surface area contributed by atoms with Gasteiger partial charge in [-0.3, -0.25) is 9.21 Å². The fraction of sp³-hybridized carbons (Fsp3) is 0.516. The molecule has 0 spiro atoms. The van der Waals surface area contributed by atoms with Crippen LogP contribution in [0.15, 0.2) is 35.9 Å². The monoisotopic (exact) mass is 660 g/mol. The molecule has 5 rings (SSSR count). The smallest absolute Gasteiger partial charge is 0.416 e. The van der Waals surface area contributed by atoms with Crippen molar-refractivity contribution in [2.75, 3.05) is 30.8 Å². The normalized spacial score (nSPS) is 22.2. The molecule has 1 saturated heterocycles. The molecule has 2 aromatic carbocycles. The van der Waals surface area contributed by atoms with Crippen LogP contribution in [0.3, 0.4) is 0 Å². The molecule has 0 unspecified atom stereocenters. The molecular formula is C31H34F6N2O5S. The zero-order valence-corrected chi connectivity index (χ0v) is 26.2. The van der Waals surface area contributed by atoms with Gasteiger partial charge in [0.25, 0.3) is 0 Å². The summed E-state index contributed by atoms with van der Waals surface area (Å²) in [5.41, 5.74) is 0.133. The number of ether oxygens (including phenoxy) is 2. The van der Waals surface area contributed by atoms with Gasteiger partial charge in [-0.15, -0.1) is 0 Å². The maximum atomic E-state index is 13.6. The van der Waals surface area contributed by atoms with Crippen LogP contribution in [-0.4, -0.2) is 51.9 Å². The highest BCUT2D eigenvalue weighted by molar-refractivity contribution is 7.92. The summed E-state index contributed by atoms with van der Waals surface area (Å²) in [6.07, 6.45) is -8.80. The Kier molecular flexibility index (Phi) is 8.15. The average molecular weight is 661 g/mol. The molecule has 0 aromatic heterocycles. The third kappa shape index (κ3) is 6.48. The molecule has 246 valence electrons. The average Bonchev–Trinajstić information content (AvgIpc) is 3.47. The third-order valence-electron chi connectivity index (χ3n) is 8.84. The minimum atomic E-state index is -5.05. The Hall–Kier alpha value is -3.42. The van der Waals surface area contributed by atoms with Crippen LogP contribution < -0.4 is 9.04 Å². The number of methoxy groups -OCH3 is 1. The molecule has 1 fully saturated rings. The van der Waals surface area contributed by atoms with Crippen molar-refractivity contribution in [1.29, 1.82) is 0 Å². The number of hydrogen-bond donors (Lipinski definition) is 0. The van der Waals surface area contributed by atoms with Crippen LogP contribution in [0, 0.1) is 5.41 Å². The Bertz CT molecular complexity index is 1630. The molecule has 1 amide bonds. The first-order valence-corrected chi connectivity index (χ1v) is 16.2. The number of cyclic esters (lactones) is 1. The van der Waals surface area contributed by atoms with Crippen molar-refractivity contribution in [3.8, 4) is 5.75 Å². The van der Waals surface area contributed by atoms with E-state index in [0.717, 1.165) is 29.4 Å². The van der Waals surface area contributed by atoms with Crippen molar-refractivity contribution in [2.45, 2.75) is 71.0 Å². The second-order valence-electron chi connectivity index (χ2n) is 12.7. The maximum Gasteiger partial charge on any atom is 0.416 e. The number of nitrogens with zero attached hydrogens (tertiary/aromatic N) is 2. The minimum absolute atomic E-state index is 0.0103. The van der Waals surface area contributed by atoms with E-state index in [1.54, 1.807) is 6.07 Å². The molecule has 2 aliphatic heterocycles. The van der Waals surface area contributed by atoms with Crippen molar-refractivity contribution in [1.82, 2.24) is 4.90 Å². The van der Waals surface area contributed by atoms with E-state index in [1.165, 1.54) is 23.2 Å². The highest BCUT2D eigenvalue weighted by Crippen LogP contribution is 2.48. The number of amides is 1. The second kappa shape index (κ2) is 11.1. The Labute approximate surface area is 257 Å². The largest absolute Gasteiger partial charge is 0.496 e. The number of fused-ring (bicyclic) bond motifs is 1. The van der Waals surface area contributed by atoms with E-state index in [-0.39, 0.29) is 18.0 Å². The summed E-state index contributed by atoms with van der Waals surface area (Å²) < 4.78 is 119. The van der Waals surface area contributed by atoms with Crippen molar-refractivity contribution in [3.63, 3.8) is 0 Å². The zero-order chi connectivity index (χ0) is 33.3. The van der Waals surface area contributed by atoms with Gasteiger partial charge in [-0.2, -0.15) is 26.3 Å². The van der Waals surface area contributed by atoms with E-state index in [2.05, 4.69) is 13.8 Å². The van der Waals surface area contributed by atoms with Gasteiger partial charge >= 0.3 is 18.4 Å². The molecule has 0 N–H and O–H groups in total. The van der Waals surface area contributed by atoms with Crippen molar-refractivity contribution >= 4 is 27.4 Å². The molecule has 0 bridgehead atoms. The fourth-order valence-electron chi connectivity index (χ4n) is 6.53. The summed E-state index contributed by atoms with van der Waals surface area (Å²) in [5, 5.41) is 0. The molecule has 14 heteroatoms. The SMILES string of the molecule is COc1cc2c(cc1C1=C(CN3C(=O)O[C@H](c4cc(C(F)(F)F)cc(C(F)(F)F)c4)[C@@H]3C)CC(C)(C)CC1)N(S(C)(=O)=O)CC2. The summed E-state index contributed by atoms with van der Waals surface area (Å²) in [5.74, 6) is 0.537. The molecule has 45 heavy (non-hydrogen) atoms. The number of halogens is 6. The number of carbonyl (C=O) groups excluding carboxylic acids is 1. The Morgan fingerprint density at radius 2 is 1.62 bits per heavy atom. The Balaban J connectivity index is 1.55. The maximum absolute atomic E-state index is 13.6. The molecule has 7 nitrogen and oxygen atoms in total. The minimum Gasteiger partial charge on any atom is -0.496 e. The Morgan fingerprint density at radius 3 is 2.18 bits per heavy atom. The predicted molar refractivity (Wildman–Crippen MR) is 155 cm³/mol. The lowest BCUT2D eigenvalue weighted by Gasteiger charge is -2.36. The number of allylic oxidation sites excluding steroid dienone is 1. The van der Waals surface area contributed by atoms with Crippen LogP contribution in [0.2, 0.25) is 0 Å². The van der Waals surface area contributed by atoms with E-state index in [4.69, 9.17) is 9.47 Å². The highest BCUT2D eigenvalue weighted by Gasteiger charge is 2.44. The summed E-state index contributed by atoms with van der Waals surface area (Å²) >= 11 is 0. The topological polar surface area (TPSA) is 76.2 Å². The summed E-state index contributed by atoms with van der Waals surface area (Å²) in [4.78, 5) is 14.5. The number of benzene rings is 2. The summed E-state index contributed by atoms with van der Waals surface area (Å²) in [6, 6.07) is 3.91.